The number of likely N-dealkylation sites (tertiary alicyclic amines) is 1. The van der Waals surface area contributed by atoms with Crippen LogP contribution in [0.15, 0.2) is 30.8 Å². The van der Waals surface area contributed by atoms with Crippen molar-refractivity contribution in [3.05, 3.63) is 42.0 Å². The predicted molar refractivity (Wildman–Crippen MR) is 99.2 cm³/mol. The zero-order valence-corrected chi connectivity index (χ0v) is 15.0. The van der Waals surface area contributed by atoms with E-state index in [0.29, 0.717) is 18.7 Å². The van der Waals surface area contributed by atoms with Gasteiger partial charge in [0.2, 0.25) is 5.91 Å². The van der Waals surface area contributed by atoms with E-state index < -0.39 is 0 Å². The molecule has 2 saturated heterocycles. The molecule has 2 fully saturated rings. The summed E-state index contributed by atoms with van der Waals surface area (Å²) in [5.41, 5.74) is 1.71. The molecule has 0 saturated carbocycles. The Hall–Kier alpha value is -2.14. The first-order valence-electron chi connectivity index (χ1n) is 9.07. The molecule has 3 rings (SSSR count). The van der Waals surface area contributed by atoms with Crippen molar-refractivity contribution in [2.75, 3.05) is 46.3 Å². The fourth-order valence-corrected chi connectivity index (χ4v) is 3.56. The predicted octanol–water partition coefficient (Wildman–Crippen LogP) is 1.96. The number of amides is 2. The summed E-state index contributed by atoms with van der Waals surface area (Å²) in [7, 11) is 2.09. The summed E-state index contributed by atoms with van der Waals surface area (Å²) in [5, 5.41) is 0. The second-order valence-electron chi connectivity index (χ2n) is 7.02. The highest BCUT2D eigenvalue weighted by Gasteiger charge is 2.31. The maximum Gasteiger partial charge on any atom is 0.253 e. The van der Waals surface area contributed by atoms with Crippen LogP contribution in [0.4, 0.5) is 0 Å². The minimum atomic E-state index is 0.0566. The Morgan fingerprint density at radius 2 is 1.56 bits per heavy atom. The lowest BCUT2D eigenvalue weighted by Crippen LogP contribution is -2.51. The fraction of sp³-hybridized carbons (Fsp3) is 0.500. The zero-order chi connectivity index (χ0) is 17.8. The molecule has 1 aromatic rings. The third-order valence-electron chi connectivity index (χ3n) is 5.34. The molecule has 2 amide bonds. The monoisotopic (exact) mass is 341 g/mol. The molecule has 0 unspecified atom stereocenters. The number of carbonyl (C=O) groups is 2. The van der Waals surface area contributed by atoms with E-state index in [1.807, 2.05) is 34.1 Å². The van der Waals surface area contributed by atoms with Gasteiger partial charge < -0.3 is 14.7 Å². The number of benzene rings is 1. The average Bonchev–Trinajstić information content (AvgIpc) is 2.67. The lowest BCUT2D eigenvalue weighted by Gasteiger charge is -2.37. The van der Waals surface area contributed by atoms with Gasteiger partial charge in [-0.2, -0.15) is 0 Å². The van der Waals surface area contributed by atoms with E-state index in [0.717, 1.165) is 44.6 Å². The number of nitrogens with zero attached hydrogens (tertiary/aromatic N) is 3. The molecule has 5 heteroatoms. The van der Waals surface area contributed by atoms with Crippen LogP contribution in [0.25, 0.3) is 6.08 Å². The first-order valence-corrected chi connectivity index (χ1v) is 9.07. The molecule has 25 heavy (non-hydrogen) atoms. The SMILES string of the molecule is C=Cc1ccc(C(=O)N2CCC(C(=O)N3CCN(C)CC3)CC2)cc1. The number of rotatable bonds is 3. The van der Waals surface area contributed by atoms with Crippen molar-refractivity contribution < 1.29 is 9.59 Å². The second kappa shape index (κ2) is 7.83. The standard InChI is InChI=1S/C20H27N3O2/c1-3-16-4-6-17(7-5-16)19(24)22-10-8-18(9-11-22)20(25)23-14-12-21(2)13-15-23/h3-7,18H,1,8-15H2,2H3. The summed E-state index contributed by atoms with van der Waals surface area (Å²) < 4.78 is 0. The van der Waals surface area contributed by atoms with Crippen molar-refractivity contribution >= 4 is 17.9 Å². The van der Waals surface area contributed by atoms with Crippen molar-refractivity contribution in [2.24, 2.45) is 5.92 Å². The Bertz CT molecular complexity index is 625. The second-order valence-corrected chi connectivity index (χ2v) is 7.02. The highest BCUT2D eigenvalue weighted by molar-refractivity contribution is 5.94. The quantitative estimate of drug-likeness (QED) is 0.844. The van der Waals surface area contributed by atoms with E-state index in [-0.39, 0.29) is 17.7 Å². The summed E-state index contributed by atoms with van der Waals surface area (Å²) in [6, 6.07) is 7.51. The van der Waals surface area contributed by atoms with E-state index in [1.165, 1.54) is 0 Å². The van der Waals surface area contributed by atoms with E-state index in [1.54, 1.807) is 6.08 Å². The van der Waals surface area contributed by atoms with Gasteiger partial charge in [0.25, 0.3) is 5.91 Å². The topological polar surface area (TPSA) is 43.9 Å². The van der Waals surface area contributed by atoms with Crippen LogP contribution in [-0.2, 0) is 4.79 Å². The molecule has 134 valence electrons. The third-order valence-corrected chi connectivity index (χ3v) is 5.34. The lowest BCUT2D eigenvalue weighted by molar-refractivity contribution is -0.138. The van der Waals surface area contributed by atoms with Gasteiger partial charge in [-0.1, -0.05) is 24.8 Å². The normalized spacial score (nSPS) is 19.7. The summed E-state index contributed by atoms with van der Waals surface area (Å²) in [4.78, 5) is 31.4. The molecular formula is C20H27N3O2. The first-order chi connectivity index (χ1) is 12.1. The molecule has 2 aliphatic heterocycles. The van der Waals surface area contributed by atoms with E-state index >= 15 is 0 Å². The van der Waals surface area contributed by atoms with Crippen LogP contribution < -0.4 is 0 Å². The van der Waals surface area contributed by atoms with Crippen molar-refractivity contribution in [1.82, 2.24) is 14.7 Å². The molecule has 2 heterocycles. The van der Waals surface area contributed by atoms with Crippen LogP contribution in [0.1, 0.15) is 28.8 Å². The first kappa shape index (κ1) is 17.7. The van der Waals surface area contributed by atoms with Gasteiger partial charge in [-0.3, -0.25) is 9.59 Å². The molecule has 0 aliphatic carbocycles. The van der Waals surface area contributed by atoms with Gasteiger partial charge in [-0.25, -0.2) is 0 Å². The van der Waals surface area contributed by atoms with Crippen LogP contribution in [0.2, 0.25) is 0 Å². The Balaban J connectivity index is 1.53. The molecule has 0 atom stereocenters. The van der Waals surface area contributed by atoms with Gasteiger partial charge in [0.15, 0.2) is 0 Å². The van der Waals surface area contributed by atoms with Crippen LogP contribution in [0.3, 0.4) is 0 Å². The van der Waals surface area contributed by atoms with Gasteiger partial charge in [0, 0.05) is 50.7 Å². The minimum Gasteiger partial charge on any atom is -0.340 e. The molecule has 0 bridgehead atoms. The maximum absolute atomic E-state index is 12.7. The molecule has 5 nitrogen and oxygen atoms in total. The van der Waals surface area contributed by atoms with Crippen LogP contribution in [0, 0.1) is 5.92 Å². The van der Waals surface area contributed by atoms with Crippen LogP contribution >= 0.6 is 0 Å². The summed E-state index contributed by atoms with van der Waals surface area (Å²) in [6.07, 6.45) is 3.30. The van der Waals surface area contributed by atoms with Gasteiger partial charge in [0.05, 0.1) is 0 Å². The molecule has 0 aromatic heterocycles. The number of piperidine rings is 1. The van der Waals surface area contributed by atoms with Crippen molar-refractivity contribution in [3.8, 4) is 0 Å². The Labute approximate surface area is 149 Å². The Morgan fingerprint density at radius 3 is 2.12 bits per heavy atom. The van der Waals surface area contributed by atoms with Gasteiger partial charge in [-0.15, -0.1) is 0 Å². The van der Waals surface area contributed by atoms with E-state index in [4.69, 9.17) is 0 Å². The minimum absolute atomic E-state index is 0.0566. The van der Waals surface area contributed by atoms with Gasteiger partial charge in [0.1, 0.15) is 0 Å². The smallest absolute Gasteiger partial charge is 0.253 e. The summed E-state index contributed by atoms with van der Waals surface area (Å²) in [5.74, 6) is 0.396. The van der Waals surface area contributed by atoms with Crippen LogP contribution in [0.5, 0.6) is 0 Å². The molecule has 0 radical (unpaired) electrons. The number of hydrogen-bond donors (Lipinski definition) is 0. The van der Waals surface area contributed by atoms with Crippen molar-refractivity contribution in [1.29, 1.82) is 0 Å². The number of carbonyl (C=O) groups excluding carboxylic acids is 2. The van der Waals surface area contributed by atoms with E-state index in [9.17, 15) is 9.59 Å². The Kier molecular flexibility index (Phi) is 5.53. The van der Waals surface area contributed by atoms with E-state index in [2.05, 4.69) is 18.5 Å². The summed E-state index contributed by atoms with van der Waals surface area (Å²) >= 11 is 0. The molecule has 1 aromatic carbocycles. The maximum atomic E-state index is 12.7. The van der Waals surface area contributed by atoms with Gasteiger partial charge in [-0.05, 0) is 37.6 Å². The van der Waals surface area contributed by atoms with Crippen LogP contribution in [-0.4, -0.2) is 72.8 Å². The lowest BCUT2D eigenvalue weighted by atomic mass is 9.94. The van der Waals surface area contributed by atoms with Crippen molar-refractivity contribution in [3.63, 3.8) is 0 Å². The Morgan fingerprint density at radius 1 is 0.960 bits per heavy atom. The largest absolute Gasteiger partial charge is 0.340 e. The average molecular weight is 341 g/mol. The number of likely N-dealkylation sites (N-methyl/N-ethyl adjacent to an activating group) is 1. The van der Waals surface area contributed by atoms with Crippen molar-refractivity contribution in [2.45, 2.75) is 12.8 Å². The highest BCUT2D eigenvalue weighted by atomic mass is 16.2. The zero-order valence-electron chi connectivity index (χ0n) is 15.0. The third kappa shape index (κ3) is 4.10. The highest BCUT2D eigenvalue weighted by Crippen LogP contribution is 2.22. The number of piperazine rings is 1. The fourth-order valence-electron chi connectivity index (χ4n) is 3.56. The molecule has 0 spiro atoms. The summed E-state index contributed by atoms with van der Waals surface area (Å²) in [6.45, 7) is 8.59. The molecule has 2 aliphatic rings. The molecule has 0 N–H and O–H groups in total. The number of hydrogen-bond acceptors (Lipinski definition) is 3. The van der Waals surface area contributed by atoms with Gasteiger partial charge >= 0.3 is 0 Å². The molecular weight excluding hydrogens is 314 g/mol.